The highest BCUT2D eigenvalue weighted by Gasteiger charge is 2.54. The molecule has 0 aliphatic carbocycles. The number of rotatable bonds is 7. The topological polar surface area (TPSA) is 105 Å². The summed E-state index contributed by atoms with van der Waals surface area (Å²) in [7, 11) is -7.54. The second-order valence-electron chi connectivity index (χ2n) is 2.50. The molecule has 0 aromatic carbocycles. The van der Waals surface area contributed by atoms with Crippen LogP contribution in [0.1, 0.15) is 0 Å². The van der Waals surface area contributed by atoms with E-state index < -0.39 is 31.3 Å². The predicted molar refractivity (Wildman–Crippen MR) is 56.0 cm³/mol. The van der Waals surface area contributed by atoms with E-state index in [1.807, 2.05) is 0 Å². The van der Waals surface area contributed by atoms with E-state index in [9.17, 15) is 17.5 Å². The van der Waals surface area contributed by atoms with Gasteiger partial charge in [0.1, 0.15) is 0 Å². The fraction of sp³-hybridized carbons (Fsp3) is 1.00. The maximum Gasteiger partial charge on any atom is 0.555 e. The van der Waals surface area contributed by atoms with Crippen LogP contribution in [-0.4, -0.2) is 41.6 Å². The number of hydrogen-bond acceptors (Lipinski definition) is 8. The van der Waals surface area contributed by atoms with Crippen molar-refractivity contribution in [2.24, 2.45) is 0 Å². The van der Waals surface area contributed by atoms with Crippen LogP contribution in [0.15, 0.2) is 0 Å². The molecular weight excluding hydrogens is 282 g/mol. The van der Waals surface area contributed by atoms with Gasteiger partial charge in [-0.3, -0.25) is 4.57 Å². The largest absolute Gasteiger partial charge is 0.555 e. The molecule has 11 heteroatoms. The quantitative estimate of drug-likeness (QED) is 0.508. The van der Waals surface area contributed by atoms with Gasteiger partial charge in [-0.05, 0) is 4.57 Å². The first-order chi connectivity index (χ1) is 7.20. The van der Waals surface area contributed by atoms with Crippen molar-refractivity contribution in [3.63, 3.8) is 0 Å². The summed E-state index contributed by atoms with van der Waals surface area (Å²) in [5.41, 5.74) is -1.82. The molecule has 0 aliphatic rings. The summed E-state index contributed by atoms with van der Waals surface area (Å²) in [4.78, 5) is 0. The predicted octanol–water partition coefficient (Wildman–Crippen LogP) is 1.12. The Morgan fingerprint density at radius 1 is 1.19 bits per heavy atom. The van der Waals surface area contributed by atoms with Gasteiger partial charge in [0, 0.05) is 14.2 Å². The van der Waals surface area contributed by atoms with Gasteiger partial charge in [-0.15, -0.1) is 4.52 Å². The van der Waals surface area contributed by atoms with Crippen molar-refractivity contribution in [2.75, 3.05) is 27.6 Å². The van der Waals surface area contributed by atoms with Gasteiger partial charge in [0.25, 0.3) is 10.1 Å². The maximum atomic E-state index is 11.8. The Morgan fingerprint density at radius 2 is 1.62 bits per heavy atom. The van der Waals surface area contributed by atoms with Crippen molar-refractivity contribution < 1.29 is 35.3 Å². The molecule has 96 valence electrons. The third-order valence-electron chi connectivity index (χ3n) is 1.40. The smallest absolute Gasteiger partial charge is 0.307 e. The van der Waals surface area contributed by atoms with Gasteiger partial charge in [0.2, 0.25) is 0 Å². The normalized spacial score (nSPS) is 15.9. The van der Waals surface area contributed by atoms with E-state index in [0.29, 0.717) is 6.26 Å². The van der Waals surface area contributed by atoms with Crippen LogP contribution in [0.4, 0.5) is 0 Å². The van der Waals surface area contributed by atoms with Gasteiger partial charge >= 0.3 is 21.2 Å². The first-order valence-corrected chi connectivity index (χ1v) is 8.47. The molecular formula is C5H13O8P2S+. The zero-order valence-electron chi connectivity index (χ0n) is 9.15. The molecule has 0 fully saturated rings. The van der Waals surface area contributed by atoms with Gasteiger partial charge in [-0.2, -0.15) is 8.42 Å². The van der Waals surface area contributed by atoms with Gasteiger partial charge in [-0.1, -0.05) is 0 Å². The SMILES string of the molecule is CO[P+](=O)C(OS(C)(=O)=O)P(=O)(OC)OC. The summed E-state index contributed by atoms with van der Waals surface area (Å²) < 4.78 is 62.8. The summed E-state index contributed by atoms with van der Waals surface area (Å²) in [6.07, 6.45) is 0.717. The average Bonchev–Trinajstić information content (AvgIpc) is 2.22. The standard InChI is InChI=1S/C5H13O8P2S/c1-10-14(6)5(13-16(4,8)9)15(7,11-2)12-3/h5H,1-4H3/q+1. The minimum Gasteiger partial charge on any atom is -0.307 e. The molecule has 0 amide bonds. The lowest BCUT2D eigenvalue weighted by atomic mass is 11.7. The van der Waals surface area contributed by atoms with E-state index >= 15 is 0 Å². The molecule has 0 bridgehead atoms. The van der Waals surface area contributed by atoms with Gasteiger partial charge in [-0.25, -0.2) is 4.18 Å². The summed E-state index contributed by atoms with van der Waals surface area (Å²) >= 11 is 0. The molecule has 0 radical (unpaired) electrons. The Kier molecular flexibility index (Phi) is 6.21. The van der Waals surface area contributed by atoms with Crippen molar-refractivity contribution in [2.45, 2.75) is 5.59 Å². The highest BCUT2D eigenvalue weighted by molar-refractivity contribution is 7.86. The van der Waals surface area contributed by atoms with Gasteiger partial charge < -0.3 is 9.05 Å². The first kappa shape index (κ1) is 16.1. The molecule has 8 nitrogen and oxygen atoms in total. The Morgan fingerprint density at radius 3 is 1.88 bits per heavy atom. The Bertz CT molecular complexity index is 381. The Balaban J connectivity index is 5.25. The molecule has 0 aromatic rings. The maximum absolute atomic E-state index is 11.8. The minimum atomic E-state index is -3.98. The monoisotopic (exact) mass is 295 g/mol. The van der Waals surface area contributed by atoms with Crippen LogP contribution in [-0.2, 0) is 37.0 Å². The second-order valence-corrected chi connectivity index (χ2v) is 8.19. The van der Waals surface area contributed by atoms with Crippen LogP contribution in [0.25, 0.3) is 0 Å². The fourth-order valence-electron chi connectivity index (χ4n) is 0.705. The lowest BCUT2D eigenvalue weighted by Crippen LogP contribution is -2.16. The molecule has 0 heterocycles. The first-order valence-electron chi connectivity index (χ1n) is 3.80. The van der Waals surface area contributed by atoms with E-state index in [4.69, 9.17) is 0 Å². The zero-order chi connectivity index (χ0) is 13.0. The Hall–Kier alpha value is 0.120. The van der Waals surface area contributed by atoms with Gasteiger partial charge in [0.15, 0.2) is 0 Å². The molecule has 0 saturated carbocycles. The third kappa shape index (κ3) is 4.55. The van der Waals surface area contributed by atoms with E-state index in [0.717, 1.165) is 21.3 Å². The van der Waals surface area contributed by atoms with E-state index in [1.54, 1.807) is 0 Å². The van der Waals surface area contributed by atoms with E-state index in [1.165, 1.54) is 0 Å². The van der Waals surface area contributed by atoms with Crippen molar-refractivity contribution >= 4 is 25.7 Å². The summed E-state index contributed by atoms with van der Waals surface area (Å²) in [5.74, 6) is 0. The second kappa shape index (κ2) is 6.16. The summed E-state index contributed by atoms with van der Waals surface area (Å²) in [6.45, 7) is 0. The van der Waals surface area contributed by atoms with Crippen LogP contribution < -0.4 is 0 Å². The fourth-order valence-corrected chi connectivity index (χ4v) is 5.12. The molecule has 0 aliphatic heterocycles. The van der Waals surface area contributed by atoms with E-state index in [-0.39, 0.29) is 0 Å². The molecule has 0 spiro atoms. The van der Waals surface area contributed by atoms with Crippen molar-refractivity contribution in [1.29, 1.82) is 0 Å². The lowest BCUT2D eigenvalue weighted by Gasteiger charge is -2.14. The molecule has 0 saturated heterocycles. The molecule has 0 rings (SSSR count). The minimum absolute atomic E-state index is 0.717. The highest BCUT2D eigenvalue weighted by atomic mass is 32.2. The molecule has 2 unspecified atom stereocenters. The van der Waals surface area contributed by atoms with Crippen molar-refractivity contribution in [3.05, 3.63) is 0 Å². The number of hydrogen-bond donors (Lipinski definition) is 0. The third-order valence-corrected chi connectivity index (χ3v) is 6.13. The van der Waals surface area contributed by atoms with Crippen LogP contribution in [0.3, 0.4) is 0 Å². The molecule has 16 heavy (non-hydrogen) atoms. The lowest BCUT2D eigenvalue weighted by molar-refractivity contribution is 0.220. The average molecular weight is 295 g/mol. The Labute approximate surface area is 94.7 Å². The summed E-state index contributed by atoms with van der Waals surface area (Å²) in [5, 5.41) is 0. The molecule has 2 atom stereocenters. The van der Waals surface area contributed by atoms with Crippen LogP contribution >= 0.6 is 15.6 Å². The van der Waals surface area contributed by atoms with Crippen molar-refractivity contribution in [3.8, 4) is 0 Å². The van der Waals surface area contributed by atoms with Crippen LogP contribution in [0.2, 0.25) is 0 Å². The molecule has 0 aromatic heterocycles. The highest BCUT2D eigenvalue weighted by Crippen LogP contribution is 2.61. The van der Waals surface area contributed by atoms with Crippen LogP contribution in [0.5, 0.6) is 0 Å². The summed E-state index contributed by atoms with van der Waals surface area (Å²) in [6, 6.07) is 0. The van der Waals surface area contributed by atoms with E-state index in [2.05, 4.69) is 17.8 Å². The van der Waals surface area contributed by atoms with Crippen LogP contribution in [0, 0.1) is 0 Å². The van der Waals surface area contributed by atoms with Gasteiger partial charge in [0.05, 0.1) is 13.4 Å². The zero-order valence-corrected chi connectivity index (χ0v) is 11.8. The molecule has 0 N–H and O–H groups in total. The van der Waals surface area contributed by atoms with Crippen molar-refractivity contribution in [1.82, 2.24) is 0 Å².